The van der Waals surface area contributed by atoms with E-state index in [1.54, 1.807) is 18.2 Å². The van der Waals surface area contributed by atoms with Gasteiger partial charge in [0.2, 0.25) is 0 Å². The summed E-state index contributed by atoms with van der Waals surface area (Å²) in [7, 11) is 0. The van der Waals surface area contributed by atoms with Crippen LogP contribution in [0.5, 0.6) is 0 Å². The molecule has 0 saturated carbocycles. The zero-order chi connectivity index (χ0) is 14.9. The van der Waals surface area contributed by atoms with E-state index < -0.39 is 17.7 Å². The molecule has 2 aromatic carbocycles. The molecule has 0 aliphatic rings. The lowest BCUT2D eigenvalue weighted by molar-refractivity contribution is 0.507. The van der Waals surface area contributed by atoms with Crippen LogP contribution in [0.25, 0.3) is 0 Å². The van der Waals surface area contributed by atoms with Gasteiger partial charge in [-0.3, -0.25) is 5.84 Å². The predicted molar refractivity (Wildman–Crippen MR) is 82.4 cm³/mol. The van der Waals surface area contributed by atoms with Gasteiger partial charge in [-0.15, -0.1) is 0 Å². The lowest BCUT2D eigenvalue weighted by Crippen LogP contribution is -2.30. The number of benzene rings is 2. The molecule has 0 fully saturated rings. The van der Waals surface area contributed by atoms with Gasteiger partial charge in [-0.1, -0.05) is 17.7 Å². The molecule has 0 aliphatic heterocycles. The molecule has 0 aliphatic carbocycles. The third-order valence-corrected chi connectivity index (χ3v) is 4.64. The van der Waals surface area contributed by atoms with E-state index in [-0.39, 0.29) is 10.0 Å². The van der Waals surface area contributed by atoms with Gasteiger partial charge in [-0.2, -0.15) is 0 Å². The molecule has 20 heavy (non-hydrogen) atoms. The molecule has 0 radical (unpaired) electrons. The van der Waals surface area contributed by atoms with Crippen molar-refractivity contribution < 1.29 is 8.78 Å². The van der Waals surface area contributed by atoms with Crippen molar-refractivity contribution in [2.45, 2.75) is 6.04 Å². The minimum atomic E-state index is -0.832. The lowest BCUT2D eigenvalue weighted by Gasteiger charge is -2.19. The van der Waals surface area contributed by atoms with Crippen LogP contribution in [0.15, 0.2) is 39.3 Å². The summed E-state index contributed by atoms with van der Waals surface area (Å²) in [5, 5.41) is 0.500. The highest BCUT2D eigenvalue weighted by Crippen LogP contribution is 2.33. The largest absolute Gasteiger partial charge is 0.271 e. The fraction of sp³-hybridized carbons (Fsp3) is 0.0769. The molecule has 2 nitrogen and oxygen atoms in total. The van der Waals surface area contributed by atoms with Gasteiger partial charge in [0.15, 0.2) is 0 Å². The van der Waals surface area contributed by atoms with Crippen LogP contribution < -0.4 is 11.3 Å². The smallest absolute Gasteiger partial charge is 0.145 e. The molecule has 1 unspecified atom stereocenters. The van der Waals surface area contributed by atoms with E-state index in [0.717, 1.165) is 0 Å². The second kappa shape index (κ2) is 6.49. The van der Waals surface area contributed by atoms with Gasteiger partial charge < -0.3 is 0 Å². The van der Waals surface area contributed by atoms with Crippen molar-refractivity contribution in [3.05, 3.63) is 67.1 Å². The van der Waals surface area contributed by atoms with E-state index in [0.29, 0.717) is 15.1 Å². The molecule has 0 heterocycles. The minimum Gasteiger partial charge on any atom is -0.271 e. The summed E-state index contributed by atoms with van der Waals surface area (Å²) in [6, 6.07) is 6.58. The summed E-state index contributed by atoms with van der Waals surface area (Å²) in [5.74, 6) is 4.09. The summed E-state index contributed by atoms with van der Waals surface area (Å²) in [5.41, 5.74) is 2.85. The average Bonchev–Trinajstić information content (AvgIpc) is 2.42. The maximum Gasteiger partial charge on any atom is 0.145 e. The predicted octanol–water partition coefficient (Wildman–Crippen LogP) is 4.70. The number of rotatable bonds is 3. The number of nitrogens with two attached hydrogens (primary N) is 1. The van der Waals surface area contributed by atoms with Crippen molar-refractivity contribution in [2.24, 2.45) is 5.84 Å². The Morgan fingerprint density at radius 3 is 2.40 bits per heavy atom. The SMILES string of the molecule is NNC(c1ccc(Cl)c(Br)c1)c1c(F)ccc(Br)c1F. The zero-order valence-electron chi connectivity index (χ0n) is 9.93. The van der Waals surface area contributed by atoms with Crippen molar-refractivity contribution in [1.82, 2.24) is 5.43 Å². The molecular weight excluding hydrogens is 417 g/mol. The van der Waals surface area contributed by atoms with Crippen molar-refractivity contribution >= 4 is 43.5 Å². The first-order valence-electron chi connectivity index (χ1n) is 5.50. The third-order valence-electron chi connectivity index (χ3n) is 2.81. The third kappa shape index (κ3) is 3.04. The molecule has 0 saturated heterocycles. The summed E-state index contributed by atoms with van der Waals surface area (Å²) < 4.78 is 28.9. The Bertz CT molecular complexity index is 653. The van der Waals surface area contributed by atoms with Gasteiger partial charge in [0, 0.05) is 10.0 Å². The van der Waals surface area contributed by atoms with Crippen LogP contribution in [0.1, 0.15) is 17.2 Å². The van der Waals surface area contributed by atoms with Gasteiger partial charge in [-0.25, -0.2) is 14.2 Å². The molecule has 0 amide bonds. The summed E-state index contributed by atoms with van der Waals surface area (Å²) in [4.78, 5) is 0. The van der Waals surface area contributed by atoms with E-state index in [2.05, 4.69) is 37.3 Å². The number of hydrogen-bond acceptors (Lipinski definition) is 2. The van der Waals surface area contributed by atoms with Gasteiger partial charge >= 0.3 is 0 Å². The summed E-state index contributed by atoms with van der Waals surface area (Å²) in [6.45, 7) is 0. The first-order valence-corrected chi connectivity index (χ1v) is 7.46. The standard InChI is InChI=1S/C13H9Br2ClF2N2/c14-7-2-4-10(17)11(12(7)18)13(20-19)6-1-3-9(16)8(15)5-6/h1-5,13,20H,19H2. The number of nitrogens with one attached hydrogen (secondary N) is 1. The monoisotopic (exact) mass is 424 g/mol. The zero-order valence-corrected chi connectivity index (χ0v) is 13.9. The van der Waals surface area contributed by atoms with E-state index in [9.17, 15) is 8.78 Å². The molecule has 2 aromatic rings. The quantitative estimate of drug-likeness (QED) is 0.424. The molecule has 2 rings (SSSR count). The van der Waals surface area contributed by atoms with Crippen LogP contribution in [0.4, 0.5) is 8.78 Å². The fourth-order valence-corrected chi connectivity index (χ4v) is 2.71. The van der Waals surface area contributed by atoms with Crippen LogP contribution >= 0.6 is 43.5 Å². The summed E-state index contributed by atoms with van der Waals surface area (Å²) >= 11 is 12.2. The maximum absolute atomic E-state index is 14.1. The molecule has 0 bridgehead atoms. The maximum atomic E-state index is 14.1. The lowest BCUT2D eigenvalue weighted by atomic mass is 9.98. The van der Waals surface area contributed by atoms with Crippen molar-refractivity contribution in [2.75, 3.05) is 0 Å². The number of hydrogen-bond donors (Lipinski definition) is 2. The van der Waals surface area contributed by atoms with Gasteiger partial charge in [0.25, 0.3) is 0 Å². The molecule has 3 N–H and O–H groups in total. The van der Waals surface area contributed by atoms with Gasteiger partial charge in [-0.05, 0) is 61.7 Å². The van der Waals surface area contributed by atoms with Crippen molar-refractivity contribution in [1.29, 1.82) is 0 Å². The number of hydrazine groups is 1. The Morgan fingerprint density at radius 2 is 1.80 bits per heavy atom. The highest BCUT2D eigenvalue weighted by atomic mass is 79.9. The fourth-order valence-electron chi connectivity index (χ4n) is 1.85. The topological polar surface area (TPSA) is 38.0 Å². The Labute approximate surface area is 136 Å². The molecule has 106 valence electrons. The highest BCUT2D eigenvalue weighted by molar-refractivity contribution is 9.10. The van der Waals surface area contributed by atoms with E-state index in [4.69, 9.17) is 17.4 Å². The minimum absolute atomic E-state index is 0.156. The second-order valence-corrected chi connectivity index (χ2v) is 6.15. The summed E-state index contributed by atoms with van der Waals surface area (Å²) in [6.07, 6.45) is 0. The van der Waals surface area contributed by atoms with Crippen LogP contribution in [0.2, 0.25) is 5.02 Å². The Morgan fingerprint density at radius 1 is 1.10 bits per heavy atom. The number of halogens is 5. The van der Waals surface area contributed by atoms with Crippen LogP contribution in [-0.4, -0.2) is 0 Å². The first kappa shape index (κ1) is 15.9. The molecule has 1 atom stereocenters. The molecule has 0 aromatic heterocycles. The first-order chi connectivity index (χ1) is 9.45. The van der Waals surface area contributed by atoms with Crippen molar-refractivity contribution in [3.8, 4) is 0 Å². The van der Waals surface area contributed by atoms with E-state index >= 15 is 0 Å². The van der Waals surface area contributed by atoms with E-state index in [1.165, 1.54) is 12.1 Å². The molecule has 7 heteroatoms. The average molecular weight is 426 g/mol. The van der Waals surface area contributed by atoms with Crippen LogP contribution in [-0.2, 0) is 0 Å². The molecular formula is C13H9Br2ClF2N2. The highest BCUT2D eigenvalue weighted by Gasteiger charge is 2.23. The second-order valence-electron chi connectivity index (χ2n) is 4.03. The Hall–Kier alpha value is -0.530. The Balaban J connectivity index is 2.58. The van der Waals surface area contributed by atoms with Gasteiger partial charge in [0.05, 0.1) is 15.5 Å². The van der Waals surface area contributed by atoms with Crippen LogP contribution in [0.3, 0.4) is 0 Å². The van der Waals surface area contributed by atoms with Gasteiger partial charge in [0.1, 0.15) is 11.6 Å². The molecule has 0 spiro atoms. The van der Waals surface area contributed by atoms with Crippen molar-refractivity contribution in [3.63, 3.8) is 0 Å². The van der Waals surface area contributed by atoms with E-state index in [1.807, 2.05) is 0 Å². The van der Waals surface area contributed by atoms with Crippen LogP contribution in [0, 0.1) is 11.6 Å². The Kier molecular flexibility index (Phi) is 5.14. The normalized spacial score (nSPS) is 12.5.